The van der Waals surface area contributed by atoms with Crippen LogP contribution >= 0.6 is 22.9 Å². The zero-order chi connectivity index (χ0) is 15.5. The number of hydrogen-bond donors (Lipinski definition) is 0. The first-order chi connectivity index (χ1) is 9.85. The molecule has 0 saturated carbocycles. The van der Waals surface area contributed by atoms with Crippen LogP contribution in [0, 0.1) is 0 Å². The number of carbonyl (C=O) groups excluding carboxylic acids is 1. The van der Waals surface area contributed by atoms with Crippen molar-refractivity contribution in [3.05, 3.63) is 45.6 Å². The van der Waals surface area contributed by atoms with E-state index in [4.69, 9.17) is 16.3 Å². The van der Waals surface area contributed by atoms with Crippen molar-refractivity contribution in [1.82, 2.24) is 0 Å². The summed E-state index contributed by atoms with van der Waals surface area (Å²) in [6.07, 6.45) is -4.83. The molecule has 1 aromatic heterocycles. The highest BCUT2D eigenvalue weighted by atomic mass is 35.5. The van der Waals surface area contributed by atoms with E-state index in [9.17, 15) is 18.0 Å². The molecular weight excluding hydrogens is 329 g/mol. The summed E-state index contributed by atoms with van der Waals surface area (Å²) in [6.45, 7) is -0.408. The first kappa shape index (κ1) is 15.7. The summed E-state index contributed by atoms with van der Waals surface area (Å²) < 4.78 is 46.1. The second-order valence-corrected chi connectivity index (χ2v) is 5.53. The lowest BCUT2D eigenvalue weighted by molar-refractivity contribution is -0.275. The minimum Gasteiger partial charge on any atom is -0.482 e. The summed E-state index contributed by atoms with van der Waals surface area (Å²) in [5.74, 6) is -1.04. The number of ether oxygens (including phenoxy) is 2. The number of carbonyl (C=O) groups is 1. The van der Waals surface area contributed by atoms with Gasteiger partial charge in [-0.1, -0.05) is 23.7 Å². The number of halogens is 4. The quantitative estimate of drug-likeness (QED) is 0.751. The van der Waals surface area contributed by atoms with E-state index in [1.807, 2.05) is 0 Å². The van der Waals surface area contributed by atoms with E-state index in [2.05, 4.69) is 4.74 Å². The Morgan fingerprint density at radius 1 is 1.14 bits per heavy atom. The van der Waals surface area contributed by atoms with Gasteiger partial charge in [-0.3, -0.25) is 4.79 Å². The monoisotopic (exact) mass is 336 g/mol. The van der Waals surface area contributed by atoms with Crippen molar-refractivity contribution < 1.29 is 27.4 Å². The molecule has 2 aromatic rings. The Hall–Kier alpha value is -1.73. The fourth-order valence-corrected chi connectivity index (χ4v) is 2.42. The molecule has 0 N–H and O–H groups in total. The molecule has 0 aliphatic rings. The third kappa shape index (κ3) is 4.64. The van der Waals surface area contributed by atoms with E-state index in [0.29, 0.717) is 9.21 Å². The van der Waals surface area contributed by atoms with Crippen molar-refractivity contribution in [3.8, 4) is 11.5 Å². The molecule has 8 heteroatoms. The molecule has 112 valence electrons. The van der Waals surface area contributed by atoms with Gasteiger partial charge in [-0.2, -0.15) is 0 Å². The van der Waals surface area contributed by atoms with Crippen molar-refractivity contribution in [2.75, 3.05) is 6.61 Å². The third-order valence-corrected chi connectivity index (χ3v) is 3.55. The Morgan fingerprint density at radius 2 is 1.81 bits per heavy atom. The van der Waals surface area contributed by atoms with E-state index in [1.165, 1.54) is 24.3 Å². The number of ketones is 1. The normalized spacial score (nSPS) is 11.2. The minimum atomic E-state index is -4.83. The van der Waals surface area contributed by atoms with Gasteiger partial charge in [0.15, 0.2) is 18.1 Å². The minimum absolute atomic E-state index is 0.161. The summed E-state index contributed by atoms with van der Waals surface area (Å²) in [5, 5.41) is 0. The Morgan fingerprint density at radius 3 is 2.38 bits per heavy atom. The summed E-state index contributed by atoms with van der Waals surface area (Å²) >= 11 is 6.77. The number of benzene rings is 1. The number of rotatable bonds is 5. The highest BCUT2D eigenvalue weighted by Crippen LogP contribution is 2.32. The lowest BCUT2D eigenvalue weighted by atomic mass is 10.3. The van der Waals surface area contributed by atoms with Gasteiger partial charge in [0, 0.05) is 0 Å². The average molecular weight is 337 g/mol. The smallest absolute Gasteiger partial charge is 0.482 e. The first-order valence-corrected chi connectivity index (χ1v) is 6.81. The molecule has 0 aliphatic carbocycles. The molecule has 1 aromatic carbocycles. The van der Waals surface area contributed by atoms with Gasteiger partial charge in [0.25, 0.3) is 0 Å². The van der Waals surface area contributed by atoms with Crippen LogP contribution in [0.4, 0.5) is 13.2 Å². The molecule has 0 bridgehead atoms. The molecule has 3 nitrogen and oxygen atoms in total. The summed E-state index contributed by atoms with van der Waals surface area (Å²) in [6, 6.07) is 8.32. The molecule has 0 spiro atoms. The Kier molecular flexibility index (Phi) is 4.74. The highest BCUT2D eigenvalue weighted by Gasteiger charge is 2.32. The largest absolute Gasteiger partial charge is 0.573 e. The molecule has 0 fully saturated rings. The molecule has 0 unspecified atom stereocenters. The lowest BCUT2D eigenvalue weighted by Gasteiger charge is -2.13. The van der Waals surface area contributed by atoms with Gasteiger partial charge in [0.2, 0.25) is 5.78 Å². The van der Waals surface area contributed by atoms with Crippen LogP contribution in [0.5, 0.6) is 11.5 Å². The Balaban J connectivity index is 2.05. The van der Waals surface area contributed by atoms with Crippen LogP contribution in [0.2, 0.25) is 4.34 Å². The first-order valence-electron chi connectivity index (χ1n) is 5.61. The highest BCUT2D eigenvalue weighted by molar-refractivity contribution is 7.18. The number of Topliss-reactive ketones (excluding diaryl/α,β-unsaturated/α-hetero) is 1. The van der Waals surface area contributed by atoms with Crippen LogP contribution < -0.4 is 9.47 Å². The maximum Gasteiger partial charge on any atom is 0.573 e. The molecule has 0 amide bonds. The Bertz CT molecular complexity index is 640. The fraction of sp³-hybridized carbons (Fsp3) is 0.154. The number of thiophene rings is 1. The maximum atomic E-state index is 12.2. The number of alkyl halides is 3. The number of hydrogen-bond acceptors (Lipinski definition) is 4. The molecule has 0 radical (unpaired) electrons. The second-order valence-electron chi connectivity index (χ2n) is 3.81. The van der Waals surface area contributed by atoms with Gasteiger partial charge in [-0.25, -0.2) is 0 Å². The Labute approximate surface area is 126 Å². The zero-order valence-electron chi connectivity index (χ0n) is 10.3. The van der Waals surface area contributed by atoms with Crippen LogP contribution in [-0.2, 0) is 0 Å². The molecule has 0 aliphatic heterocycles. The molecule has 0 saturated heterocycles. The van der Waals surface area contributed by atoms with E-state index < -0.39 is 18.7 Å². The van der Waals surface area contributed by atoms with E-state index >= 15 is 0 Å². The van der Waals surface area contributed by atoms with Gasteiger partial charge in [0.1, 0.15) is 0 Å². The van der Waals surface area contributed by atoms with Crippen LogP contribution in [-0.4, -0.2) is 18.8 Å². The molecule has 1 heterocycles. The van der Waals surface area contributed by atoms with Crippen molar-refractivity contribution in [1.29, 1.82) is 0 Å². The fourth-order valence-electron chi connectivity index (χ4n) is 1.46. The van der Waals surface area contributed by atoms with E-state index in [0.717, 1.165) is 17.4 Å². The predicted molar refractivity (Wildman–Crippen MR) is 72.3 cm³/mol. The average Bonchev–Trinajstić information content (AvgIpc) is 2.82. The topological polar surface area (TPSA) is 35.5 Å². The van der Waals surface area contributed by atoms with Gasteiger partial charge < -0.3 is 9.47 Å². The van der Waals surface area contributed by atoms with Crippen LogP contribution in [0.1, 0.15) is 9.67 Å². The summed E-state index contributed by atoms with van der Waals surface area (Å²) in [4.78, 5) is 12.2. The predicted octanol–water partition coefficient (Wildman–Crippen LogP) is 4.56. The zero-order valence-corrected chi connectivity index (χ0v) is 11.9. The lowest BCUT2D eigenvalue weighted by Crippen LogP contribution is -2.18. The molecular formula is C13H8ClF3O3S. The molecule has 0 atom stereocenters. The van der Waals surface area contributed by atoms with Crippen molar-refractivity contribution in [3.63, 3.8) is 0 Å². The molecule has 2 rings (SSSR count). The maximum absolute atomic E-state index is 12.2. The SMILES string of the molecule is O=C(COc1ccccc1OC(F)(F)F)c1ccc(Cl)s1. The van der Waals surface area contributed by atoms with E-state index in [-0.39, 0.29) is 11.5 Å². The second kappa shape index (κ2) is 6.36. The third-order valence-electron chi connectivity index (χ3n) is 2.28. The van der Waals surface area contributed by atoms with Gasteiger partial charge >= 0.3 is 6.36 Å². The van der Waals surface area contributed by atoms with Crippen molar-refractivity contribution in [2.24, 2.45) is 0 Å². The number of para-hydroxylation sites is 2. The summed E-state index contributed by atoms with van der Waals surface area (Å²) in [7, 11) is 0. The summed E-state index contributed by atoms with van der Waals surface area (Å²) in [5.41, 5.74) is 0. The van der Waals surface area contributed by atoms with Crippen LogP contribution in [0.15, 0.2) is 36.4 Å². The van der Waals surface area contributed by atoms with Crippen molar-refractivity contribution in [2.45, 2.75) is 6.36 Å². The van der Waals surface area contributed by atoms with Crippen LogP contribution in [0.3, 0.4) is 0 Å². The van der Waals surface area contributed by atoms with Crippen LogP contribution in [0.25, 0.3) is 0 Å². The molecule has 21 heavy (non-hydrogen) atoms. The van der Waals surface area contributed by atoms with Crippen molar-refractivity contribution >= 4 is 28.7 Å². The van der Waals surface area contributed by atoms with Gasteiger partial charge in [-0.15, -0.1) is 24.5 Å². The van der Waals surface area contributed by atoms with Gasteiger partial charge in [-0.05, 0) is 24.3 Å². The van der Waals surface area contributed by atoms with E-state index in [1.54, 1.807) is 6.07 Å². The van der Waals surface area contributed by atoms with Gasteiger partial charge in [0.05, 0.1) is 9.21 Å². The standard InChI is InChI=1S/C13H8ClF3O3S/c14-12-6-5-11(21-12)8(18)7-19-9-3-1-2-4-10(9)20-13(15,16)17/h1-6H,7H2.